The molecule has 194 valence electrons. The molecule has 36 heavy (non-hydrogen) atoms. The molecule has 0 N–H and O–H groups in total. The van der Waals surface area contributed by atoms with Crippen molar-refractivity contribution in [2.75, 3.05) is 4.67 Å². The maximum absolute atomic E-state index is 5.47. The van der Waals surface area contributed by atoms with Gasteiger partial charge in [0.15, 0.2) is 5.84 Å². The molecule has 3 rings (SSSR count). The van der Waals surface area contributed by atoms with Gasteiger partial charge in [0.1, 0.15) is 8.07 Å². The molecule has 0 unspecified atom stereocenters. The van der Waals surface area contributed by atoms with Crippen LogP contribution in [0.3, 0.4) is 0 Å². The maximum atomic E-state index is 5.47. The molecule has 6 heteroatoms. The van der Waals surface area contributed by atoms with Gasteiger partial charge in [0.25, 0.3) is 0 Å². The number of amidine groups is 1. The number of rotatable bonds is 6. The second-order valence-electron chi connectivity index (χ2n) is 9.91. The van der Waals surface area contributed by atoms with Crippen LogP contribution in [-0.4, -0.2) is 17.2 Å². The number of aliphatic imine (C=N–C) groups is 1. The minimum atomic E-state index is -1.01. The van der Waals surface area contributed by atoms with Gasteiger partial charge in [-0.05, 0) is 84.6 Å². The first-order valence-electron chi connectivity index (χ1n) is 12.4. The van der Waals surface area contributed by atoms with Crippen LogP contribution in [0.15, 0.2) is 65.7 Å². The van der Waals surface area contributed by atoms with Crippen LogP contribution in [0, 0.1) is 34.6 Å². The molecule has 0 aliphatic rings. The van der Waals surface area contributed by atoms with Crippen molar-refractivity contribution in [2.24, 2.45) is 4.99 Å². The van der Waals surface area contributed by atoms with Gasteiger partial charge >= 0.3 is 33.5 Å². The predicted octanol–water partition coefficient (Wildman–Crippen LogP) is 10.1. The quantitative estimate of drug-likeness (QED) is 0.160. The molecule has 0 amide bonds. The first kappa shape index (κ1) is 30.9. The second-order valence-corrected chi connectivity index (χ2v) is 15.6. The molecule has 0 radical (unpaired) electrons. The average Bonchev–Trinajstić information content (AvgIpc) is 2.79. The molecule has 0 heterocycles. The number of hydrogen-bond donors (Lipinski definition) is 0. The zero-order valence-corrected chi connectivity index (χ0v) is 26.8. The number of benzene rings is 3. The van der Waals surface area contributed by atoms with E-state index in [1.807, 2.05) is 0 Å². The zero-order valence-electron chi connectivity index (χ0n) is 23.0. The summed E-state index contributed by atoms with van der Waals surface area (Å²) in [6.07, 6.45) is 0. The molecule has 2 nitrogen and oxygen atoms in total. The van der Waals surface area contributed by atoms with Crippen molar-refractivity contribution in [3.05, 3.63) is 94.0 Å². The molecule has 0 fully saturated rings. The number of nitrogens with zero attached hydrogens (tertiary/aromatic N) is 2. The molecule has 0 saturated carbocycles. The molecule has 0 atom stereocenters. The van der Waals surface area contributed by atoms with E-state index in [1.54, 1.807) is 0 Å². The van der Waals surface area contributed by atoms with E-state index >= 15 is 0 Å². The van der Waals surface area contributed by atoms with Crippen molar-refractivity contribution in [3.8, 4) is 0 Å². The Labute approximate surface area is 235 Å². The first-order chi connectivity index (χ1) is 17.0. The summed E-state index contributed by atoms with van der Waals surface area (Å²) >= 11 is -0.181. The summed E-state index contributed by atoms with van der Waals surface area (Å²) in [6, 6.07) is 22.0. The van der Waals surface area contributed by atoms with Crippen molar-refractivity contribution < 1.29 is 13.4 Å². The van der Waals surface area contributed by atoms with Gasteiger partial charge in [-0.2, -0.15) is 0 Å². The molecule has 3 aromatic rings. The van der Waals surface area contributed by atoms with Gasteiger partial charge in [-0.3, -0.25) is 0 Å². The van der Waals surface area contributed by atoms with E-state index < -0.39 is 8.07 Å². The molecule has 0 saturated heterocycles. The summed E-state index contributed by atoms with van der Waals surface area (Å²) in [6.45, 7) is 20.5. The summed E-state index contributed by atoms with van der Waals surface area (Å²) in [5.41, 5.74) is 11.0. The molecule has 0 bridgehead atoms. The predicted molar refractivity (Wildman–Crippen MR) is 162 cm³/mol. The van der Waals surface area contributed by atoms with Gasteiger partial charge in [-0.15, -0.1) is 0 Å². The fourth-order valence-corrected chi connectivity index (χ4v) is 8.13. The van der Waals surface area contributed by atoms with Crippen LogP contribution in [0.25, 0.3) is 0 Å². The Morgan fingerprint density at radius 3 is 1.56 bits per heavy atom. The third-order valence-corrected chi connectivity index (χ3v) is 9.60. The van der Waals surface area contributed by atoms with Gasteiger partial charge < -0.3 is 0 Å². The monoisotopic (exact) mass is 581 g/mol. The van der Waals surface area contributed by atoms with Gasteiger partial charge in [0.05, 0.1) is 22.7 Å². The van der Waals surface area contributed by atoms with E-state index in [4.69, 9.17) is 25.1 Å². The second kappa shape index (κ2) is 14.6. The average molecular weight is 583 g/mol. The standard InChI is InChI=1S/C30H39N2P.2ClH.Cr/c1-20(2)33(21(3)4)32(29-25(8)14-11-15-26(29)9)30(27-18-16-22(5)17-19-27)31-28-23(6)12-10-13-24(28)7;;;/h10-21H,1-9H3;2*1H;/q;;;+2/p-1. The van der Waals surface area contributed by atoms with Crippen molar-refractivity contribution in [1.29, 1.82) is 0 Å². The van der Waals surface area contributed by atoms with Gasteiger partial charge in [0, 0.05) is 5.56 Å². The molecule has 0 aliphatic carbocycles. The van der Waals surface area contributed by atoms with Gasteiger partial charge in [-0.1, -0.05) is 66.2 Å². The Balaban J connectivity index is 0.00000145. The van der Waals surface area contributed by atoms with Crippen LogP contribution in [0.1, 0.15) is 61.1 Å². The molecular weight excluding hydrogens is 542 g/mol. The number of halogens is 2. The van der Waals surface area contributed by atoms with E-state index in [-0.39, 0.29) is 13.4 Å². The SMILES string of the molecule is Cc1ccc(C(=Nc2c(C)cccc2C)N(c2c(C)cccc2C)[PH+](C(C)C)C(C)C)cc1.[Cl][Cr][Cl]. The van der Waals surface area contributed by atoms with Crippen LogP contribution in [0.2, 0.25) is 0 Å². The summed E-state index contributed by atoms with van der Waals surface area (Å²) < 4.78 is 2.64. The molecule has 0 aromatic heterocycles. The summed E-state index contributed by atoms with van der Waals surface area (Å²) in [7, 11) is 8.64. The first-order valence-corrected chi connectivity index (χ1v) is 17.5. The number of aryl methyl sites for hydroxylation is 5. The van der Waals surface area contributed by atoms with Crippen molar-refractivity contribution in [3.63, 3.8) is 0 Å². The van der Waals surface area contributed by atoms with Crippen molar-refractivity contribution in [2.45, 2.75) is 73.6 Å². The van der Waals surface area contributed by atoms with Crippen LogP contribution in [-0.2, 0) is 13.4 Å². The number of para-hydroxylation sites is 2. The third-order valence-electron chi connectivity index (χ3n) is 6.28. The summed E-state index contributed by atoms with van der Waals surface area (Å²) in [5, 5.41) is 0. The van der Waals surface area contributed by atoms with E-state index in [0.717, 1.165) is 11.5 Å². The van der Waals surface area contributed by atoms with Gasteiger partial charge in [-0.25, -0.2) is 9.66 Å². The zero-order chi connectivity index (χ0) is 27.0. The van der Waals surface area contributed by atoms with Crippen molar-refractivity contribution in [1.82, 2.24) is 0 Å². The van der Waals surface area contributed by atoms with Gasteiger partial charge in [0.2, 0.25) is 0 Å². The van der Waals surface area contributed by atoms with Crippen LogP contribution in [0.4, 0.5) is 11.4 Å². The molecule has 0 spiro atoms. The van der Waals surface area contributed by atoms with Crippen LogP contribution >= 0.6 is 28.2 Å². The number of hydrogen-bond acceptors (Lipinski definition) is 1. The Bertz CT molecular complexity index is 1110. The van der Waals surface area contributed by atoms with Crippen molar-refractivity contribution >= 4 is 45.4 Å². The molecule has 3 aromatic carbocycles. The summed E-state index contributed by atoms with van der Waals surface area (Å²) in [4.78, 5) is 5.47. The van der Waals surface area contributed by atoms with Crippen LogP contribution in [0.5, 0.6) is 0 Å². The normalized spacial score (nSPS) is 11.7. The topological polar surface area (TPSA) is 15.6 Å². The molecular formula is C30H40Cl2CrN2P+. The molecule has 0 aliphatic heterocycles. The Morgan fingerprint density at radius 1 is 0.722 bits per heavy atom. The van der Waals surface area contributed by atoms with E-state index in [9.17, 15) is 0 Å². The number of anilines is 1. The van der Waals surface area contributed by atoms with Crippen LogP contribution < -0.4 is 4.67 Å². The fourth-order valence-electron chi connectivity index (χ4n) is 4.73. The fraction of sp³-hybridized carbons (Fsp3) is 0.367. The Kier molecular flexibility index (Phi) is 12.5. The summed E-state index contributed by atoms with van der Waals surface area (Å²) in [5.74, 6) is 1.07. The third kappa shape index (κ3) is 7.84. The van der Waals surface area contributed by atoms with E-state index in [1.165, 1.54) is 39.1 Å². The van der Waals surface area contributed by atoms with E-state index in [2.05, 4.69) is 128 Å². The van der Waals surface area contributed by atoms with E-state index in [0.29, 0.717) is 11.3 Å². The minimum absolute atomic E-state index is 0.181. The Hall–Kier alpha value is -1.33. The Morgan fingerprint density at radius 2 is 1.14 bits per heavy atom.